The molecular weight excluding hydrogens is 390 g/mol. The molecule has 1 aliphatic heterocycles. The lowest BCUT2D eigenvalue weighted by Crippen LogP contribution is -2.36. The van der Waals surface area contributed by atoms with Crippen LogP contribution < -0.4 is 16.0 Å². The fourth-order valence-corrected chi connectivity index (χ4v) is 3.55. The highest BCUT2D eigenvalue weighted by Crippen LogP contribution is 2.33. The van der Waals surface area contributed by atoms with Crippen LogP contribution in [0.2, 0.25) is 0 Å². The van der Waals surface area contributed by atoms with Gasteiger partial charge in [0.2, 0.25) is 0 Å². The second kappa shape index (κ2) is 9.76. The van der Waals surface area contributed by atoms with E-state index in [2.05, 4.69) is 51.4 Å². The second-order valence-electron chi connectivity index (χ2n) is 7.69. The van der Waals surface area contributed by atoms with Crippen LogP contribution in [-0.2, 0) is 4.74 Å². The minimum absolute atomic E-state index is 0.0654. The Labute approximate surface area is 182 Å². The van der Waals surface area contributed by atoms with Gasteiger partial charge in [-0.1, -0.05) is 25.1 Å². The van der Waals surface area contributed by atoms with Crippen LogP contribution in [-0.4, -0.2) is 54.0 Å². The van der Waals surface area contributed by atoms with E-state index in [1.807, 2.05) is 12.1 Å². The van der Waals surface area contributed by atoms with E-state index < -0.39 is 0 Å². The third kappa shape index (κ3) is 5.13. The Balaban J connectivity index is 1.56. The van der Waals surface area contributed by atoms with E-state index in [1.165, 1.54) is 5.69 Å². The number of phenolic OH excluding ortho intramolecular Hbond substituents is 1. The van der Waals surface area contributed by atoms with E-state index in [0.717, 1.165) is 43.9 Å². The Morgan fingerprint density at radius 2 is 1.84 bits per heavy atom. The molecule has 1 unspecified atom stereocenters. The second-order valence-corrected chi connectivity index (χ2v) is 7.69. The topological polar surface area (TPSA) is 96.5 Å². The molecule has 2 heterocycles. The van der Waals surface area contributed by atoms with Crippen LogP contribution in [0, 0.1) is 0 Å². The zero-order chi connectivity index (χ0) is 21.6. The Hall–Kier alpha value is -3.16. The number of nitrogens with two attached hydrogens (primary N) is 1. The molecule has 7 nitrogen and oxygen atoms in total. The van der Waals surface area contributed by atoms with Crippen molar-refractivity contribution in [1.82, 2.24) is 9.97 Å². The Morgan fingerprint density at radius 3 is 2.58 bits per heavy atom. The standard InChI is InChI=1S/C24H29N5O2/c1-2-19(25)16-27-23-9-10-26-24(28-23)21-15-18(5-8-22(21)30)17-3-6-20(7-4-17)29-11-13-31-14-12-29/h3-10,15,19,30H,2,11-14,16,25H2,1H3,(H,26,27,28). The molecule has 162 valence electrons. The summed E-state index contributed by atoms with van der Waals surface area (Å²) in [4.78, 5) is 11.3. The molecule has 1 saturated heterocycles. The van der Waals surface area contributed by atoms with Crippen molar-refractivity contribution < 1.29 is 9.84 Å². The van der Waals surface area contributed by atoms with Gasteiger partial charge in [0.05, 0.1) is 18.8 Å². The summed E-state index contributed by atoms with van der Waals surface area (Å²) in [6.07, 6.45) is 2.57. The van der Waals surface area contributed by atoms with Crippen molar-refractivity contribution in [2.75, 3.05) is 43.1 Å². The van der Waals surface area contributed by atoms with Gasteiger partial charge in [0, 0.05) is 37.6 Å². The molecule has 1 aromatic heterocycles. The molecule has 4 N–H and O–H groups in total. The molecule has 1 atom stereocenters. The highest BCUT2D eigenvalue weighted by Gasteiger charge is 2.13. The van der Waals surface area contributed by atoms with Gasteiger partial charge in [0.25, 0.3) is 0 Å². The summed E-state index contributed by atoms with van der Waals surface area (Å²) in [5.74, 6) is 1.31. The number of nitrogens with one attached hydrogen (secondary N) is 1. The van der Waals surface area contributed by atoms with Crippen LogP contribution in [0.4, 0.5) is 11.5 Å². The lowest BCUT2D eigenvalue weighted by Gasteiger charge is -2.28. The summed E-state index contributed by atoms with van der Waals surface area (Å²) in [6, 6.07) is 15.9. The number of rotatable bonds is 7. The molecule has 3 aromatic rings. The van der Waals surface area contributed by atoms with Gasteiger partial charge in [-0.2, -0.15) is 0 Å². The summed E-state index contributed by atoms with van der Waals surface area (Å²) in [7, 11) is 0. The van der Waals surface area contributed by atoms with Gasteiger partial charge >= 0.3 is 0 Å². The number of aromatic nitrogens is 2. The molecule has 4 rings (SSSR count). The van der Waals surface area contributed by atoms with Crippen LogP contribution >= 0.6 is 0 Å². The first-order valence-corrected chi connectivity index (χ1v) is 10.7. The summed E-state index contributed by atoms with van der Waals surface area (Å²) < 4.78 is 5.43. The van der Waals surface area contributed by atoms with Crippen LogP contribution in [0.1, 0.15) is 13.3 Å². The highest BCUT2D eigenvalue weighted by atomic mass is 16.5. The average molecular weight is 420 g/mol. The molecule has 1 aliphatic rings. The van der Waals surface area contributed by atoms with E-state index in [-0.39, 0.29) is 11.8 Å². The van der Waals surface area contributed by atoms with Crippen molar-refractivity contribution in [1.29, 1.82) is 0 Å². The number of hydrogen-bond donors (Lipinski definition) is 3. The van der Waals surface area contributed by atoms with E-state index >= 15 is 0 Å². The first-order valence-electron chi connectivity index (χ1n) is 10.7. The van der Waals surface area contributed by atoms with Crippen molar-refractivity contribution in [2.45, 2.75) is 19.4 Å². The van der Waals surface area contributed by atoms with E-state index in [0.29, 0.717) is 23.8 Å². The molecule has 31 heavy (non-hydrogen) atoms. The van der Waals surface area contributed by atoms with Gasteiger partial charge in [0.15, 0.2) is 5.82 Å². The maximum absolute atomic E-state index is 10.5. The van der Waals surface area contributed by atoms with E-state index in [1.54, 1.807) is 18.3 Å². The first-order chi connectivity index (χ1) is 15.1. The smallest absolute Gasteiger partial charge is 0.165 e. The van der Waals surface area contributed by atoms with Gasteiger partial charge in [-0.25, -0.2) is 9.97 Å². The number of anilines is 2. The molecule has 0 radical (unpaired) electrons. The number of aromatic hydroxyl groups is 1. The minimum atomic E-state index is 0.0654. The monoisotopic (exact) mass is 419 g/mol. The van der Waals surface area contributed by atoms with Crippen LogP contribution in [0.5, 0.6) is 5.75 Å². The molecule has 1 fully saturated rings. The first kappa shape index (κ1) is 21.1. The lowest BCUT2D eigenvalue weighted by atomic mass is 10.0. The third-order valence-electron chi connectivity index (χ3n) is 5.54. The Bertz CT molecular complexity index is 1000. The van der Waals surface area contributed by atoms with Crippen LogP contribution in [0.15, 0.2) is 54.7 Å². The summed E-state index contributed by atoms with van der Waals surface area (Å²) in [5.41, 5.74) is 9.84. The predicted octanol–water partition coefficient (Wildman–Crippen LogP) is 3.50. The molecule has 0 aliphatic carbocycles. The maximum atomic E-state index is 10.5. The number of morpholine rings is 1. The molecule has 0 spiro atoms. The van der Waals surface area contributed by atoms with Gasteiger partial charge in [-0.05, 0) is 47.9 Å². The molecule has 0 amide bonds. The lowest BCUT2D eigenvalue weighted by molar-refractivity contribution is 0.122. The Kier molecular flexibility index (Phi) is 6.64. The quantitative estimate of drug-likeness (QED) is 0.539. The summed E-state index contributed by atoms with van der Waals surface area (Å²) in [6.45, 7) is 6.03. The van der Waals surface area contributed by atoms with Gasteiger partial charge in [-0.3, -0.25) is 0 Å². The third-order valence-corrected chi connectivity index (χ3v) is 5.54. The fraction of sp³-hybridized carbons (Fsp3) is 0.333. The average Bonchev–Trinajstić information content (AvgIpc) is 2.83. The number of hydrogen-bond acceptors (Lipinski definition) is 7. The van der Waals surface area contributed by atoms with Crippen LogP contribution in [0.3, 0.4) is 0 Å². The fourth-order valence-electron chi connectivity index (χ4n) is 3.55. The van der Waals surface area contributed by atoms with Gasteiger partial charge in [0.1, 0.15) is 11.6 Å². The SMILES string of the molecule is CCC(N)CNc1ccnc(-c2cc(-c3ccc(N4CCOCC4)cc3)ccc2O)n1. The molecule has 7 heteroatoms. The molecule has 0 saturated carbocycles. The maximum Gasteiger partial charge on any atom is 0.165 e. The number of ether oxygens (including phenoxy) is 1. The number of benzene rings is 2. The molecule has 2 aromatic carbocycles. The van der Waals surface area contributed by atoms with Crippen molar-refractivity contribution >= 4 is 11.5 Å². The van der Waals surface area contributed by atoms with E-state index in [4.69, 9.17) is 10.5 Å². The zero-order valence-corrected chi connectivity index (χ0v) is 17.8. The largest absolute Gasteiger partial charge is 0.507 e. The highest BCUT2D eigenvalue weighted by molar-refractivity contribution is 5.75. The van der Waals surface area contributed by atoms with Crippen LogP contribution in [0.25, 0.3) is 22.5 Å². The zero-order valence-electron chi connectivity index (χ0n) is 17.8. The number of nitrogens with zero attached hydrogens (tertiary/aromatic N) is 3. The van der Waals surface area contributed by atoms with Gasteiger partial charge < -0.3 is 25.8 Å². The van der Waals surface area contributed by atoms with Crippen molar-refractivity contribution in [3.05, 3.63) is 54.7 Å². The van der Waals surface area contributed by atoms with Crippen molar-refractivity contribution in [3.8, 4) is 28.3 Å². The normalized spacial score (nSPS) is 15.0. The number of phenols is 1. The van der Waals surface area contributed by atoms with Crippen molar-refractivity contribution in [2.24, 2.45) is 5.73 Å². The van der Waals surface area contributed by atoms with Gasteiger partial charge in [-0.15, -0.1) is 0 Å². The summed E-state index contributed by atoms with van der Waals surface area (Å²) in [5, 5.41) is 13.7. The molecule has 0 bridgehead atoms. The molecular formula is C24H29N5O2. The minimum Gasteiger partial charge on any atom is -0.507 e. The van der Waals surface area contributed by atoms with Crippen molar-refractivity contribution in [3.63, 3.8) is 0 Å². The summed E-state index contributed by atoms with van der Waals surface area (Å²) >= 11 is 0. The van der Waals surface area contributed by atoms with E-state index in [9.17, 15) is 5.11 Å². The predicted molar refractivity (Wildman–Crippen MR) is 124 cm³/mol. The Morgan fingerprint density at radius 1 is 1.10 bits per heavy atom.